The molecule has 2 N–H and O–H groups in total. The molecule has 0 aliphatic heterocycles. The second-order valence-corrected chi connectivity index (χ2v) is 3.55. The van der Waals surface area contributed by atoms with Crippen molar-refractivity contribution in [3.63, 3.8) is 0 Å². The van der Waals surface area contributed by atoms with Crippen LogP contribution in [-0.4, -0.2) is 22.1 Å². The topological polar surface area (TPSA) is 65.7 Å². The number of H-pyrrole nitrogens is 2. The van der Waals surface area contributed by atoms with Gasteiger partial charge in [0.1, 0.15) is 5.56 Å². The normalized spacial score (nSPS) is 13.7. The highest BCUT2D eigenvalue weighted by Crippen LogP contribution is 2.51. The van der Waals surface area contributed by atoms with Crippen molar-refractivity contribution >= 4 is 0 Å². The lowest BCUT2D eigenvalue weighted by Gasteiger charge is -2.28. The third-order valence-electron chi connectivity index (χ3n) is 2.19. The Bertz CT molecular complexity index is 598. The third-order valence-corrected chi connectivity index (χ3v) is 2.19. The molecule has 0 amide bonds. The maximum absolute atomic E-state index is 13.3. The summed E-state index contributed by atoms with van der Waals surface area (Å²) in [7, 11) is 0. The van der Waals surface area contributed by atoms with Crippen molar-refractivity contribution in [2.24, 2.45) is 0 Å². The first kappa shape index (κ1) is 15.2. The van der Waals surface area contributed by atoms with E-state index in [0.717, 1.165) is 4.98 Å². The minimum absolute atomic E-state index is 0.604. The Morgan fingerprint density at radius 2 is 1.37 bits per heavy atom. The van der Waals surface area contributed by atoms with E-state index in [1.807, 2.05) is 0 Å². The smallest absolute Gasteiger partial charge is 0.311 e. The van der Waals surface area contributed by atoms with Crippen molar-refractivity contribution in [1.29, 1.82) is 0 Å². The van der Waals surface area contributed by atoms with Crippen LogP contribution < -0.4 is 11.2 Å². The lowest BCUT2D eigenvalue weighted by Crippen LogP contribution is -2.52. The van der Waals surface area contributed by atoms with E-state index in [0.29, 0.717) is 6.92 Å². The van der Waals surface area contributed by atoms with E-state index < -0.39 is 40.5 Å². The summed E-state index contributed by atoms with van der Waals surface area (Å²) in [6.45, 7) is 0.604. The summed E-state index contributed by atoms with van der Waals surface area (Å²) >= 11 is 0. The van der Waals surface area contributed by atoms with E-state index in [2.05, 4.69) is 0 Å². The number of hydrogen-bond donors (Lipinski definition) is 2. The quantitative estimate of drug-likeness (QED) is 0.815. The van der Waals surface area contributed by atoms with Gasteiger partial charge in [-0.25, -0.2) is 4.79 Å². The first-order chi connectivity index (χ1) is 8.32. The molecule has 0 bridgehead atoms. The molecule has 0 aromatic carbocycles. The summed E-state index contributed by atoms with van der Waals surface area (Å²) in [5.41, 5.74) is -6.55. The van der Waals surface area contributed by atoms with Gasteiger partial charge in [0.05, 0.1) is 0 Å². The molecule has 108 valence electrons. The molecule has 0 spiro atoms. The predicted octanol–water partition coefficient (Wildman–Crippen LogP) is 1.66. The summed E-state index contributed by atoms with van der Waals surface area (Å²) in [4.78, 5) is 24.4. The minimum atomic E-state index is -6.56. The van der Waals surface area contributed by atoms with Crippen molar-refractivity contribution in [1.82, 2.24) is 9.97 Å². The van der Waals surface area contributed by atoms with Gasteiger partial charge in [0.15, 0.2) is 0 Å². The van der Waals surface area contributed by atoms with Gasteiger partial charge < -0.3 is 4.98 Å². The SMILES string of the molecule is Cc1[nH]c(=O)[nH]c(=O)c1C(F)(F)C(F)(F)C(F)(F)F. The zero-order valence-corrected chi connectivity index (χ0v) is 8.96. The van der Waals surface area contributed by atoms with E-state index in [1.165, 1.54) is 4.98 Å². The number of aromatic nitrogens is 2. The van der Waals surface area contributed by atoms with Gasteiger partial charge in [-0.1, -0.05) is 0 Å². The molecule has 0 atom stereocenters. The van der Waals surface area contributed by atoms with Crippen LogP contribution in [0.5, 0.6) is 0 Å². The van der Waals surface area contributed by atoms with Crippen molar-refractivity contribution in [3.05, 3.63) is 32.1 Å². The lowest BCUT2D eigenvalue weighted by atomic mass is 10.0. The van der Waals surface area contributed by atoms with Gasteiger partial charge in [-0.15, -0.1) is 0 Å². The Morgan fingerprint density at radius 3 is 1.74 bits per heavy atom. The number of halogens is 7. The van der Waals surface area contributed by atoms with E-state index in [-0.39, 0.29) is 0 Å². The van der Waals surface area contributed by atoms with Gasteiger partial charge >= 0.3 is 23.7 Å². The van der Waals surface area contributed by atoms with Gasteiger partial charge in [0.25, 0.3) is 5.56 Å². The van der Waals surface area contributed by atoms with E-state index in [9.17, 15) is 40.3 Å². The number of aryl methyl sites for hydroxylation is 1. The average molecular weight is 294 g/mol. The Balaban J connectivity index is 3.62. The highest BCUT2D eigenvalue weighted by atomic mass is 19.4. The van der Waals surface area contributed by atoms with Crippen LogP contribution in [0.2, 0.25) is 0 Å². The van der Waals surface area contributed by atoms with Crippen LogP contribution in [0.15, 0.2) is 9.59 Å². The number of nitrogens with one attached hydrogen (secondary N) is 2. The molecule has 0 aliphatic carbocycles. The molecule has 0 saturated heterocycles. The van der Waals surface area contributed by atoms with Crippen molar-refractivity contribution < 1.29 is 30.7 Å². The van der Waals surface area contributed by atoms with Gasteiger partial charge in [0, 0.05) is 5.69 Å². The molecule has 1 heterocycles. The van der Waals surface area contributed by atoms with Gasteiger partial charge in [0.2, 0.25) is 0 Å². The maximum atomic E-state index is 13.3. The molecule has 0 radical (unpaired) electrons. The Morgan fingerprint density at radius 1 is 0.895 bits per heavy atom. The summed E-state index contributed by atoms with van der Waals surface area (Å²) < 4.78 is 87.8. The predicted molar refractivity (Wildman–Crippen MR) is 47.3 cm³/mol. The number of rotatable bonds is 2. The van der Waals surface area contributed by atoms with Gasteiger partial charge in [-0.05, 0) is 6.92 Å². The summed E-state index contributed by atoms with van der Waals surface area (Å²) in [5, 5.41) is 0. The average Bonchev–Trinajstić information content (AvgIpc) is 2.12. The molecular weight excluding hydrogens is 289 g/mol. The van der Waals surface area contributed by atoms with Crippen LogP contribution in [0.25, 0.3) is 0 Å². The molecule has 1 aromatic rings. The molecule has 19 heavy (non-hydrogen) atoms. The summed E-state index contributed by atoms with van der Waals surface area (Å²) in [6, 6.07) is 0. The van der Waals surface area contributed by atoms with Gasteiger partial charge in [-0.2, -0.15) is 30.7 Å². The first-order valence-corrected chi connectivity index (χ1v) is 4.48. The zero-order chi connectivity index (χ0) is 15.2. The highest BCUT2D eigenvalue weighted by Gasteiger charge is 2.74. The van der Waals surface area contributed by atoms with Crippen molar-refractivity contribution in [2.75, 3.05) is 0 Å². The molecule has 1 aromatic heterocycles. The van der Waals surface area contributed by atoms with Crippen LogP contribution in [-0.2, 0) is 5.92 Å². The molecule has 4 nitrogen and oxygen atoms in total. The minimum Gasteiger partial charge on any atom is -0.311 e. The van der Waals surface area contributed by atoms with E-state index in [1.54, 1.807) is 0 Å². The third kappa shape index (κ3) is 2.24. The Kier molecular flexibility index (Phi) is 3.29. The lowest BCUT2D eigenvalue weighted by molar-refractivity contribution is -0.360. The van der Waals surface area contributed by atoms with E-state index >= 15 is 0 Å². The van der Waals surface area contributed by atoms with Crippen LogP contribution in [0.4, 0.5) is 30.7 Å². The summed E-state index contributed by atoms with van der Waals surface area (Å²) in [5.74, 6) is -12.3. The van der Waals surface area contributed by atoms with Crippen LogP contribution in [0.3, 0.4) is 0 Å². The van der Waals surface area contributed by atoms with Crippen LogP contribution in [0, 0.1) is 6.92 Å². The Labute approximate surface area is 98.8 Å². The molecule has 1 rings (SSSR count). The summed E-state index contributed by atoms with van der Waals surface area (Å²) in [6.07, 6.45) is -6.56. The molecular formula is C8H5F7N2O2. The maximum Gasteiger partial charge on any atom is 0.460 e. The van der Waals surface area contributed by atoms with Crippen molar-refractivity contribution in [2.45, 2.75) is 24.9 Å². The van der Waals surface area contributed by atoms with Crippen LogP contribution in [0.1, 0.15) is 11.3 Å². The molecule has 0 unspecified atom stereocenters. The van der Waals surface area contributed by atoms with E-state index in [4.69, 9.17) is 0 Å². The second kappa shape index (κ2) is 4.10. The first-order valence-electron chi connectivity index (χ1n) is 4.48. The fraction of sp³-hybridized carbons (Fsp3) is 0.500. The van der Waals surface area contributed by atoms with Gasteiger partial charge in [-0.3, -0.25) is 9.78 Å². The molecule has 0 fully saturated rings. The Hall–Kier alpha value is -1.81. The highest BCUT2D eigenvalue weighted by molar-refractivity contribution is 5.24. The van der Waals surface area contributed by atoms with Crippen molar-refractivity contribution in [3.8, 4) is 0 Å². The molecule has 0 saturated carbocycles. The largest absolute Gasteiger partial charge is 0.460 e. The fourth-order valence-electron chi connectivity index (χ4n) is 1.31. The number of aromatic amines is 2. The number of alkyl halides is 7. The standard InChI is InChI=1S/C8H5F7N2O2/c1-2-3(4(18)17-5(19)16-2)6(9,10)7(11,12)8(13,14)15/h1H3,(H2,16,17,18,19). The fourth-order valence-corrected chi connectivity index (χ4v) is 1.31. The van der Waals surface area contributed by atoms with Crippen LogP contribution >= 0.6 is 0 Å². The molecule has 0 aliphatic rings. The number of hydrogen-bond acceptors (Lipinski definition) is 2. The molecule has 11 heteroatoms. The monoisotopic (exact) mass is 294 g/mol. The zero-order valence-electron chi connectivity index (χ0n) is 8.96. The second-order valence-electron chi connectivity index (χ2n) is 3.55.